The predicted octanol–water partition coefficient (Wildman–Crippen LogP) is 1.25. The van der Waals surface area contributed by atoms with Gasteiger partial charge in [-0.3, -0.25) is 4.79 Å². The van der Waals surface area contributed by atoms with Crippen molar-refractivity contribution in [3.05, 3.63) is 35.9 Å². The first kappa shape index (κ1) is 16.9. The highest BCUT2D eigenvalue weighted by molar-refractivity contribution is 5.87. The molecule has 2 unspecified atom stereocenters. The van der Waals surface area contributed by atoms with Gasteiger partial charge in [0.25, 0.3) is 0 Å². The molecule has 2 atom stereocenters. The maximum Gasteiger partial charge on any atom is 0.230 e. The summed E-state index contributed by atoms with van der Waals surface area (Å²) in [6.07, 6.45) is 0.503. The molecular weight excluding hydrogens is 282 g/mol. The predicted molar refractivity (Wildman–Crippen MR) is 83.7 cm³/mol. The van der Waals surface area contributed by atoms with E-state index in [1.807, 2.05) is 44.2 Å². The summed E-state index contributed by atoms with van der Waals surface area (Å²) >= 11 is 0. The third kappa shape index (κ3) is 4.06. The van der Waals surface area contributed by atoms with Crippen LogP contribution in [0.2, 0.25) is 0 Å². The van der Waals surface area contributed by atoms with Gasteiger partial charge in [-0.25, -0.2) is 0 Å². The van der Waals surface area contributed by atoms with Gasteiger partial charge in [-0.1, -0.05) is 30.3 Å². The minimum absolute atomic E-state index is 0.0248. The molecule has 0 bridgehead atoms. The fourth-order valence-corrected chi connectivity index (χ4v) is 2.58. The van der Waals surface area contributed by atoms with Crippen LogP contribution in [-0.2, 0) is 19.7 Å². The smallest absolute Gasteiger partial charge is 0.230 e. The summed E-state index contributed by atoms with van der Waals surface area (Å²) in [4.78, 5) is 12.7. The van der Waals surface area contributed by atoms with Gasteiger partial charge >= 0.3 is 0 Å². The molecule has 5 nitrogen and oxygen atoms in total. The summed E-state index contributed by atoms with van der Waals surface area (Å²) in [5.41, 5.74) is 0.369. The normalized spacial score (nSPS) is 22.3. The molecular formula is C17H25NO4. The van der Waals surface area contributed by atoms with Crippen molar-refractivity contribution in [1.29, 1.82) is 0 Å². The number of benzene rings is 1. The summed E-state index contributed by atoms with van der Waals surface area (Å²) in [5, 5.41) is 12.0. The highest BCUT2D eigenvalue weighted by Gasteiger charge is 2.34. The Balaban J connectivity index is 2.02. The van der Waals surface area contributed by atoms with Crippen LogP contribution in [0.5, 0.6) is 0 Å². The average molecular weight is 307 g/mol. The van der Waals surface area contributed by atoms with Gasteiger partial charge < -0.3 is 19.9 Å². The molecule has 1 amide bonds. The monoisotopic (exact) mass is 307 g/mol. The zero-order chi connectivity index (χ0) is 16.0. The SMILES string of the molecule is CC(C)(C(=O)NC1CCOCC1OCCO)c1ccccc1. The molecule has 1 saturated heterocycles. The fraction of sp³-hybridized carbons (Fsp3) is 0.588. The van der Waals surface area contributed by atoms with Crippen LogP contribution in [0.15, 0.2) is 30.3 Å². The lowest BCUT2D eigenvalue weighted by Gasteiger charge is -2.34. The molecule has 2 N–H and O–H groups in total. The molecule has 1 aromatic rings. The van der Waals surface area contributed by atoms with Crippen LogP contribution in [-0.4, -0.2) is 49.6 Å². The van der Waals surface area contributed by atoms with Gasteiger partial charge in [0.1, 0.15) is 6.10 Å². The van der Waals surface area contributed by atoms with Crippen molar-refractivity contribution in [2.45, 2.75) is 37.8 Å². The van der Waals surface area contributed by atoms with E-state index in [1.165, 1.54) is 0 Å². The number of rotatable bonds is 6. The van der Waals surface area contributed by atoms with E-state index in [-0.39, 0.29) is 31.3 Å². The zero-order valence-electron chi connectivity index (χ0n) is 13.2. The zero-order valence-corrected chi connectivity index (χ0v) is 13.2. The van der Waals surface area contributed by atoms with Crippen molar-refractivity contribution in [2.75, 3.05) is 26.4 Å². The van der Waals surface area contributed by atoms with Gasteiger partial charge in [0.15, 0.2) is 0 Å². The molecule has 122 valence electrons. The number of carbonyl (C=O) groups excluding carboxylic acids is 1. The Morgan fingerprint density at radius 2 is 2.14 bits per heavy atom. The molecule has 1 aromatic carbocycles. The van der Waals surface area contributed by atoms with E-state index >= 15 is 0 Å². The van der Waals surface area contributed by atoms with Crippen molar-refractivity contribution < 1.29 is 19.4 Å². The van der Waals surface area contributed by atoms with Crippen LogP contribution < -0.4 is 5.32 Å². The molecule has 1 fully saturated rings. The molecule has 1 aliphatic heterocycles. The second-order valence-corrected chi connectivity index (χ2v) is 6.07. The van der Waals surface area contributed by atoms with E-state index in [0.717, 1.165) is 5.56 Å². The van der Waals surface area contributed by atoms with Crippen molar-refractivity contribution in [2.24, 2.45) is 0 Å². The van der Waals surface area contributed by atoms with E-state index < -0.39 is 5.41 Å². The number of carbonyl (C=O) groups is 1. The van der Waals surface area contributed by atoms with Crippen LogP contribution in [0.25, 0.3) is 0 Å². The van der Waals surface area contributed by atoms with Crippen LogP contribution in [0.1, 0.15) is 25.8 Å². The first-order valence-corrected chi connectivity index (χ1v) is 7.72. The Bertz CT molecular complexity index is 475. The lowest BCUT2D eigenvalue weighted by molar-refractivity contribution is -0.131. The van der Waals surface area contributed by atoms with Gasteiger partial charge in [-0.05, 0) is 25.8 Å². The van der Waals surface area contributed by atoms with Gasteiger partial charge in [0, 0.05) is 6.61 Å². The second kappa shape index (κ2) is 7.72. The van der Waals surface area contributed by atoms with E-state index in [1.54, 1.807) is 0 Å². The van der Waals surface area contributed by atoms with Crippen LogP contribution in [0.3, 0.4) is 0 Å². The summed E-state index contributed by atoms with van der Waals surface area (Å²) in [5.74, 6) is -0.0248. The minimum Gasteiger partial charge on any atom is -0.394 e. The molecule has 0 saturated carbocycles. The number of aliphatic hydroxyl groups is 1. The van der Waals surface area contributed by atoms with Gasteiger partial charge in [0.2, 0.25) is 5.91 Å². The van der Waals surface area contributed by atoms with Gasteiger partial charge in [-0.15, -0.1) is 0 Å². The van der Waals surface area contributed by atoms with E-state index in [0.29, 0.717) is 19.6 Å². The average Bonchev–Trinajstić information content (AvgIpc) is 2.54. The van der Waals surface area contributed by atoms with Crippen LogP contribution in [0, 0.1) is 0 Å². The lowest BCUT2D eigenvalue weighted by Crippen LogP contribution is -2.54. The van der Waals surface area contributed by atoms with Crippen LogP contribution in [0.4, 0.5) is 0 Å². The standard InChI is InChI=1S/C17H25NO4/c1-17(2,13-6-4-3-5-7-13)16(20)18-14-8-10-21-12-15(14)22-11-9-19/h3-7,14-15,19H,8-12H2,1-2H3,(H,18,20). The molecule has 2 rings (SSSR count). The highest BCUT2D eigenvalue weighted by atomic mass is 16.5. The largest absolute Gasteiger partial charge is 0.394 e. The highest BCUT2D eigenvalue weighted by Crippen LogP contribution is 2.24. The topological polar surface area (TPSA) is 67.8 Å². The van der Waals surface area contributed by atoms with Crippen molar-refractivity contribution in [3.8, 4) is 0 Å². The number of hydrogen-bond acceptors (Lipinski definition) is 4. The van der Waals surface area contributed by atoms with Crippen molar-refractivity contribution in [1.82, 2.24) is 5.32 Å². The maximum atomic E-state index is 12.7. The maximum absolute atomic E-state index is 12.7. The third-order valence-electron chi connectivity index (χ3n) is 4.11. The molecule has 1 heterocycles. The molecule has 0 radical (unpaired) electrons. The summed E-state index contributed by atoms with van der Waals surface area (Å²) in [6.45, 7) is 5.10. The first-order valence-electron chi connectivity index (χ1n) is 7.72. The molecule has 0 aliphatic carbocycles. The Morgan fingerprint density at radius 1 is 1.41 bits per heavy atom. The Morgan fingerprint density at radius 3 is 2.82 bits per heavy atom. The van der Waals surface area contributed by atoms with Crippen molar-refractivity contribution in [3.63, 3.8) is 0 Å². The lowest BCUT2D eigenvalue weighted by atomic mass is 9.83. The molecule has 5 heteroatoms. The van der Waals surface area contributed by atoms with Gasteiger partial charge in [0.05, 0.1) is 31.3 Å². The molecule has 0 spiro atoms. The number of ether oxygens (including phenoxy) is 2. The second-order valence-electron chi connectivity index (χ2n) is 6.07. The van der Waals surface area contributed by atoms with E-state index in [9.17, 15) is 4.79 Å². The van der Waals surface area contributed by atoms with E-state index in [4.69, 9.17) is 14.6 Å². The Hall–Kier alpha value is -1.43. The van der Waals surface area contributed by atoms with Gasteiger partial charge in [-0.2, -0.15) is 0 Å². The van der Waals surface area contributed by atoms with Crippen LogP contribution >= 0.6 is 0 Å². The van der Waals surface area contributed by atoms with Crippen molar-refractivity contribution >= 4 is 5.91 Å². The number of aliphatic hydroxyl groups excluding tert-OH is 1. The number of hydrogen-bond donors (Lipinski definition) is 2. The minimum atomic E-state index is -0.610. The number of amides is 1. The summed E-state index contributed by atoms with van der Waals surface area (Å²) in [6, 6.07) is 9.65. The Kier molecular flexibility index (Phi) is 5.94. The first-order chi connectivity index (χ1) is 10.6. The molecule has 1 aliphatic rings. The Labute approximate surface area is 131 Å². The number of nitrogens with one attached hydrogen (secondary N) is 1. The third-order valence-corrected chi connectivity index (χ3v) is 4.11. The molecule has 0 aromatic heterocycles. The molecule has 22 heavy (non-hydrogen) atoms. The summed E-state index contributed by atoms with van der Waals surface area (Å²) < 4.78 is 11.0. The van der Waals surface area contributed by atoms with E-state index in [2.05, 4.69) is 5.32 Å². The fourth-order valence-electron chi connectivity index (χ4n) is 2.58. The quantitative estimate of drug-likeness (QED) is 0.830. The summed E-state index contributed by atoms with van der Waals surface area (Å²) in [7, 11) is 0.